The molecule has 1 heterocycles. The molecule has 88 valence electrons. The molecule has 1 aromatic carbocycles. The van der Waals surface area contributed by atoms with Crippen molar-refractivity contribution < 1.29 is 5.11 Å². The lowest BCUT2D eigenvalue weighted by Crippen LogP contribution is -2.28. The van der Waals surface area contributed by atoms with E-state index < -0.39 is 0 Å². The third-order valence-electron chi connectivity index (χ3n) is 3.26. The number of nitrogens with one attached hydrogen (secondary N) is 1. The molecule has 1 fully saturated rings. The molecule has 0 spiro atoms. The molecular weight excluding hydrogens is 218 g/mol. The van der Waals surface area contributed by atoms with Crippen molar-refractivity contribution in [3.8, 4) is 5.75 Å². The minimum atomic E-state index is 0.463. The largest absolute Gasteiger partial charge is 0.508 e. The monoisotopic (exact) mass is 237 g/mol. The Kier molecular flexibility index (Phi) is 4.13. The van der Waals surface area contributed by atoms with Gasteiger partial charge in [0.1, 0.15) is 5.75 Å². The topological polar surface area (TPSA) is 32.3 Å². The molecular formula is C13H19NOS. The standard InChI is InChI=1S/C13H19NOS/c1-16-12-3-2-11(13(15)9-12)8-10-4-6-14-7-5-10/h2-3,9-10,14-15H,4-8H2,1H3. The maximum Gasteiger partial charge on any atom is 0.119 e. The average molecular weight is 237 g/mol. The van der Waals surface area contributed by atoms with E-state index in [1.165, 1.54) is 12.8 Å². The normalized spacial score (nSPS) is 17.6. The second kappa shape index (κ2) is 5.60. The first-order valence-electron chi connectivity index (χ1n) is 5.86. The van der Waals surface area contributed by atoms with Gasteiger partial charge in [0.25, 0.3) is 0 Å². The quantitative estimate of drug-likeness (QED) is 0.793. The van der Waals surface area contributed by atoms with Crippen molar-refractivity contribution in [2.75, 3.05) is 19.3 Å². The lowest BCUT2D eigenvalue weighted by molar-refractivity contribution is 0.366. The van der Waals surface area contributed by atoms with Gasteiger partial charge in [0.05, 0.1) is 0 Å². The molecule has 0 aromatic heterocycles. The molecule has 16 heavy (non-hydrogen) atoms. The van der Waals surface area contributed by atoms with Gasteiger partial charge in [-0.25, -0.2) is 0 Å². The molecule has 2 N–H and O–H groups in total. The Labute approximate surface area is 101 Å². The van der Waals surface area contributed by atoms with Crippen LogP contribution in [0, 0.1) is 5.92 Å². The van der Waals surface area contributed by atoms with E-state index in [1.807, 2.05) is 12.3 Å². The molecule has 1 aliphatic heterocycles. The van der Waals surface area contributed by atoms with Gasteiger partial charge >= 0.3 is 0 Å². The van der Waals surface area contributed by atoms with Gasteiger partial charge in [-0.2, -0.15) is 0 Å². The molecule has 0 saturated carbocycles. The van der Waals surface area contributed by atoms with Crippen LogP contribution in [0.1, 0.15) is 18.4 Å². The minimum absolute atomic E-state index is 0.463. The molecule has 3 heteroatoms. The molecule has 2 nitrogen and oxygen atoms in total. The average Bonchev–Trinajstić information content (AvgIpc) is 2.33. The van der Waals surface area contributed by atoms with Crippen molar-refractivity contribution in [3.05, 3.63) is 23.8 Å². The fraction of sp³-hybridized carbons (Fsp3) is 0.538. The second-order valence-corrected chi connectivity index (χ2v) is 5.27. The summed E-state index contributed by atoms with van der Waals surface area (Å²) >= 11 is 1.67. The molecule has 0 bridgehead atoms. The lowest BCUT2D eigenvalue weighted by Gasteiger charge is -2.22. The molecule has 0 atom stereocenters. The molecule has 1 aromatic rings. The number of thioether (sulfide) groups is 1. The van der Waals surface area contributed by atoms with Crippen molar-refractivity contribution in [1.82, 2.24) is 5.32 Å². The van der Waals surface area contributed by atoms with Crippen LogP contribution in [0.4, 0.5) is 0 Å². The number of aromatic hydroxyl groups is 1. The molecule has 0 unspecified atom stereocenters. The van der Waals surface area contributed by atoms with Crippen molar-refractivity contribution in [2.24, 2.45) is 5.92 Å². The number of benzene rings is 1. The summed E-state index contributed by atoms with van der Waals surface area (Å²) in [6, 6.07) is 6.05. The van der Waals surface area contributed by atoms with Gasteiger partial charge in [0.15, 0.2) is 0 Å². The van der Waals surface area contributed by atoms with Crippen molar-refractivity contribution in [2.45, 2.75) is 24.2 Å². The second-order valence-electron chi connectivity index (χ2n) is 4.39. The van der Waals surface area contributed by atoms with E-state index in [4.69, 9.17) is 0 Å². The van der Waals surface area contributed by atoms with Crippen molar-refractivity contribution in [3.63, 3.8) is 0 Å². The summed E-state index contributed by atoms with van der Waals surface area (Å²) < 4.78 is 0. The Morgan fingerprint density at radius 3 is 2.75 bits per heavy atom. The zero-order valence-electron chi connectivity index (χ0n) is 9.70. The van der Waals surface area contributed by atoms with Gasteiger partial charge in [-0.05, 0) is 62.2 Å². The summed E-state index contributed by atoms with van der Waals surface area (Å²) in [4.78, 5) is 1.13. The van der Waals surface area contributed by atoms with Crippen LogP contribution in [-0.2, 0) is 6.42 Å². The fourth-order valence-electron chi connectivity index (χ4n) is 2.24. The Hall–Kier alpha value is -0.670. The number of phenols is 1. The van der Waals surface area contributed by atoms with Crippen LogP contribution in [0.15, 0.2) is 23.1 Å². The fourth-order valence-corrected chi connectivity index (χ4v) is 2.67. The van der Waals surface area contributed by atoms with E-state index >= 15 is 0 Å². The highest BCUT2D eigenvalue weighted by Crippen LogP contribution is 2.28. The van der Waals surface area contributed by atoms with Crippen LogP contribution >= 0.6 is 11.8 Å². The first-order valence-corrected chi connectivity index (χ1v) is 7.08. The first kappa shape index (κ1) is 11.8. The Morgan fingerprint density at radius 2 is 2.12 bits per heavy atom. The van der Waals surface area contributed by atoms with Crippen LogP contribution in [0.5, 0.6) is 5.75 Å². The Morgan fingerprint density at radius 1 is 1.38 bits per heavy atom. The van der Waals surface area contributed by atoms with Crippen LogP contribution in [0.3, 0.4) is 0 Å². The van der Waals surface area contributed by atoms with Gasteiger partial charge in [-0.15, -0.1) is 11.8 Å². The molecule has 1 aliphatic rings. The van der Waals surface area contributed by atoms with Crippen LogP contribution in [0.25, 0.3) is 0 Å². The van der Waals surface area contributed by atoms with E-state index in [0.29, 0.717) is 5.75 Å². The SMILES string of the molecule is CSc1ccc(CC2CCNCC2)c(O)c1. The number of hydrogen-bond acceptors (Lipinski definition) is 3. The summed E-state index contributed by atoms with van der Waals surface area (Å²) in [6.07, 6.45) is 5.50. The van der Waals surface area contributed by atoms with Gasteiger partial charge in [-0.1, -0.05) is 6.07 Å². The van der Waals surface area contributed by atoms with Crippen molar-refractivity contribution >= 4 is 11.8 Å². The maximum absolute atomic E-state index is 9.92. The van der Waals surface area contributed by atoms with Crippen LogP contribution in [0.2, 0.25) is 0 Å². The third kappa shape index (κ3) is 2.92. The maximum atomic E-state index is 9.92. The number of phenolic OH excluding ortho intramolecular Hbond substituents is 1. The predicted molar refractivity (Wildman–Crippen MR) is 69.2 cm³/mol. The molecule has 0 radical (unpaired) electrons. The van der Waals surface area contributed by atoms with Gasteiger partial charge in [0, 0.05) is 4.90 Å². The zero-order chi connectivity index (χ0) is 11.4. The Balaban J connectivity index is 2.03. The minimum Gasteiger partial charge on any atom is -0.508 e. The van der Waals surface area contributed by atoms with Crippen molar-refractivity contribution in [1.29, 1.82) is 0 Å². The summed E-state index contributed by atoms with van der Waals surface area (Å²) in [5, 5.41) is 13.3. The van der Waals surface area contributed by atoms with Gasteiger partial charge < -0.3 is 10.4 Å². The van der Waals surface area contributed by atoms with E-state index in [0.717, 1.165) is 35.9 Å². The summed E-state index contributed by atoms with van der Waals surface area (Å²) in [7, 11) is 0. The smallest absolute Gasteiger partial charge is 0.119 e. The number of rotatable bonds is 3. The van der Waals surface area contributed by atoms with Crippen LogP contribution in [-0.4, -0.2) is 24.5 Å². The van der Waals surface area contributed by atoms with E-state index in [2.05, 4.69) is 17.4 Å². The Bertz CT molecular complexity index is 348. The first-order chi connectivity index (χ1) is 7.79. The molecule has 0 amide bonds. The highest BCUT2D eigenvalue weighted by atomic mass is 32.2. The summed E-state index contributed by atoms with van der Waals surface area (Å²) in [5.41, 5.74) is 1.10. The summed E-state index contributed by atoms with van der Waals surface area (Å²) in [6.45, 7) is 2.24. The van der Waals surface area contributed by atoms with Gasteiger partial charge in [0.2, 0.25) is 0 Å². The van der Waals surface area contributed by atoms with E-state index in [9.17, 15) is 5.11 Å². The van der Waals surface area contributed by atoms with E-state index in [1.54, 1.807) is 11.8 Å². The highest BCUT2D eigenvalue weighted by molar-refractivity contribution is 7.98. The van der Waals surface area contributed by atoms with Gasteiger partial charge in [-0.3, -0.25) is 0 Å². The van der Waals surface area contributed by atoms with Crippen LogP contribution < -0.4 is 5.32 Å². The summed E-state index contributed by atoms with van der Waals surface area (Å²) in [5.74, 6) is 1.19. The molecule has 1 saturated heterocycles. The zero-order valence-corrected chi connectivity index (χ0v) is 10.5. The molecule has 0 aliphatic carbocycles. The van der Waals surface area contributed by atoms with E-state index in [-0.39, 0.29) is 0 Å². The number of hydrogen-bond donors (Lipinski definition) is 2. The highest BCUT2D eigenvalue weighted by Gasteiger charge is 2.15. The third-order valence-corrected chi connectivity index (χ3v) is 3.99. The molecule has 2 rings (SSSR count). The predicted octanol–water partition coefficient (Wildman–Crippen LogP) is 2.66. The lowest BCUT2D eigenvalue weighted by atomic mass is 9.91. The number of piperidine rings is 1.